The Morgan fingerprint density at radius 1 is 1.19 bits per heavy atom. The molecule has 26 heavy (non-hydrogen) atoms. The molecule has 2 fully saturated rings. The molecule has 3 N–H and O–H groups in total. The zero-order valence-corrected chi connectivity index (χ0v) is 14.9. The van der Waals surface area contributed by atoms with Crippen molar-refractivity contribution in [3.63, 3.8) is 0 Å². The van der Waals surface area contributed by atoms with Gasteiger partial charge in [0.05, 0.1) is 18.1 Å². The first-order chi connectivity index (χ1) is 12.7. The number of aryl methyl sites for hydroxylation is 2. The van der Waals surface area contributed by atoms with Crippen LogP contribution in [0, 0.1) is 18.8 Å². The highest BCUT2D eigenvalue weighted by Crippen LogP contribution is 2.57. The second-order valence-corrected chi connectivity index (χ2v) is 7.45. The summed E-state index contributed by atoms with van der Waals surface area (Å²) in [6, 6.07) is 0.732. The van der Waals surface area contributed by atoms with Crippen molar-refractivity contribution in [3.8, 4) is 11.8 Å². The van der Waals surface area contributed by atoms with E-state index in [-0.39, 0.29) is 0 Å². The smallest absolute Gasteiger partial charge is 0.324 e. The van der Waals surface area contributed by atoms with Crippen molar-refractivity contribution in [2.45, 2.75) is 45.1 Å². The SMILES string of the molecule is CCc1[nH]c2nc(Oc3cncnc3)nc(C3CC4C(N)C4C3)c2c1C. The van der Waals surface area contributed by atoms with E-state index in [9.17, 15) is 0 Å². The maximum absolute atomic E-state index is 6.13. The van der Waals surface area contributed by atoms with E-state index in [1.165, 1.54) is 17.6 Å². The molecule has 7 nitrogen and oxygen atoms in total. The van der Waals surface area contributed by atoms with Crippen LogP contribution >= 0.6 is 0 Å². The van der Waals surface area contributed by atoms with Crippen LogP contribution in [0.15, 0.2) is 18.7 Å². The molecule has 0 aromatic carbocycles. The summed E-state index contributed by atoms with van der Waals surface area (Å²) in [5.74, 6) is 2.26. The van der Waals surface area contributed by atoms with E-state index >= 15 is 0 Å². The number of hydrogen-bond donors (Lipinski definition) is 2. The summed E-state index contributed by atoms with van der Waals surface area (Å²) in [5.41, 5.74) is 10.5. The molecule has 0 spiro atoms. The molecular formula is C19H22N6O. The predicted molar refractivity (Wildman–Crippen MR) is 97.0 cm³/mol. The van der Waals surface area contributed by atoms with Gasteiger partial charge in [-0.15, -0.1) is 0 Å². The van der Waals surface area contributed by atoms with Gasteiger partial charge in [-0.3, -0.25) is 0 Å². The first-order valence-electron chi connectivity index (χ1n) is 9.23. The molecule has 3 aromatic rings. The molecule has 3 heterocycles. The van der Waals surface area contributed by atoms with Crippen LogP contribution in [0.3, 0.4) is 0 Å². The summed E-state index contributed by atoms with van der Waals surface area (Å²) in [7, 11) is 0. The first kappa shape index (κ1) is 15.7. The minimum absolute atomic E-state index is 0.344. The van der Waals surface area contributed by atoms with E-state index in [4.69, 9.17) is 15.5 Å². The Kier molecular flexibility index (Phi) is 3.46. The summed E-state index contributed by atoms with van der Waals surface area (Å²) >= 11 is 0. The second kappa shape index (κ2) is 5.74. The van der Waals surface area contributed by atoms with Gasteiger partial charge in [-0.25, -0.2) is 9.97 Å². The van der Waals surface area contributed by atoms with Crippen LogP contribution in [0.4, 0.5) is 0 Å². The standard InChI is InChI=1S/C19H22N6O/c1-3-14-9(2)15-17(10-4-12-13(5-10)16(12)20)24-19(25-18(15)23-14)26-11-6-21-8-22-7-11/h6-8,10,12-13,16H,3-5,20H2,1-2H3,(H,23,24,25). The number of aromatic amines is 1. The topological polar surface area (TPSA) is 103 Å². The quantitative estimate of drug-likeness (QED) is 0.750. The zero-order chi connectivity index (χ0) is 17.8. The molecule has 2 atom stereocenters. The van der Waals surface area contributed by atoms with Crippen LogP contribution in [-0.2, 0) is 6.42 Å². The van der Waals surface area contributed by atoms with Gasteiger partial charge in [-0.05, 0) is 43.6 Å². The van der Waals surface area contributed by atoms with E-state index in [1.54, 1.807) is 12.4 Å². The van der Waals surface area contributed by atoms with Crippen molar-refractivity contribution in [2.75, 3.05) is 0 Å². The van der Waals surface area contributed by atoms with Gasteiger partial charge < -0.3 is 15.5 Å². The minimum atomic E-state index is 0.344. The number of nitrogens with two attached hydrogens (primary N) is 1. The minimum Gasteiger partial charge on any atom is -0.421 e. The molecule has 0 saturated heterocycles. The number of nitrogens with zero attached hydrogens (tertiary/aromatic N) is 4. The van der Waals surface area contributed by atoms with Gasteiger partial charge in [0, 0.05) is 23.0 Å². The number of rotatable bonds is 4. The average Bonchev–Trinajstić information content (AvgIpc) is 3.02. The third kappa shape index (κ3) is 2.38. The van der Waals surface area contributed by atoms with Gasteiger partial charge >= 0.3 is 6.01 Å². The monoisotopic (exact) mass is 350 g/mol. The summed E-state index contributed by atoms with van der Waals surface area (Å²) in [6.07, 6.45) is 7.85. The second-order valence-electron chi connectivity index (χ2n) is 7.45. The van der Waals surface area contributed by atoms with E-state index in [0.29, 0.717) is 35.6 Å². The molecule has 0 radical (unpaired) electrons. The maximum atomic E-state index is 6.13. The van der Waals surface area contributed by atoms with Crippen LogP contribution in [0.1, 0.15) is 42.6 Å². The average molecular weight is 350 g/mol. The molecular weight excluding hydrogens is 328 g/mol. The van der Waals surface area contributed by atoms with Gasteiger partial charge in [0.2, 0.25) is 0 Å². The summed E-state index contributed by atoms with van der Waals surface area (Å²) < 4.78 is 5.84. The Balaban J connectivity index is 1.59. The zero-order valence-electron chi connectivity index (χ0n) is 14.9. The molecule has 2 unspecified atom stereocenters. The molecule has 0 amide bonds. The highest BCUT2D eigenvalue weighted by Gasteiger charge is 2.54. The lowest BCUT2D eigenvalue weighted by atomic mass is 9.95. The fourth-order valence-corrected chi connectivity index (χ4v) is 4.56. The third-order valence-corrected chi connectivity index (χ3v) is 6.01. The Morgan fingerprint density at radius 3 is 2.62 bits per heavy atom. The molecule has 0 bridgehead atoms. The summed E-state index contributed by atoms with van der Waals surface area (Å²) in [4.78, 5) is 20.8. The molecule has 134 valence electrons. The van der Waals surface area contributed by atoms with Crippen molar-refractivity contribution in [1.82, 2.24) is 24.9 Å². The number of ether oxygens (including phenoxy) is 1. The molecule has 2 aliphatic rings. The van der Waals surface area contributed by atoms with Crippen molar-refractivity contribution in [1.29, 1.82) is 0 Å². The Morgan fingerprint density at radius 2 is 1.92 bits per heavy atom. The van der Waals surface area contributed by atoms with E-state index in [0.717, 1.165) is 36.0 Å². The molecule has 5 rings (SSSR count). The van der Waals surface area contributed by atoms with Crippen molar-refractivity contribution in [2.24, 2.45) is 17.6 Å². The highest BCUT2D eigenvalue weighted by atomic mass is 16.5. The third-order valence-electron chi connectivity index (χ3n) is 6.01. The van der Waals surface area contributed by atoms with Crippen molar-refractivity contribution >= 4 is 11.0 Å². The number of aromatic nitrogens is 5. The van der Waals surface area contributed by atoms with Gasteiger partial charge in [-0.2, -0.15) is 9.97 Å². The highest BCUT2D eigenvalue weighted by molar-refractivity contribution is 5.84. The Bertz CT molecular complexity index is 957. The molecule has 0 aliphatic heterocycles. The number of nitrogens with one attached hydrogen (secondary N) is 1. The maximum Gasteiger partial charge on any atom is 0.324 e. The molecule has 2 aliphatic carbocycles. The van der Waals surface area contributed by atoms with Crippen LogP contribution in [-0.4, -0.2) is 31.0 Å². The van der Waals surface area contributed by atoms with E-state index < -0.39 is 0 Å². The van der Waals surface area contributed by atoms with Crippen LogP contribution < -0.4 is 10.5 Å². The molecule has 7 heteroatoms. The molecule has 3 aromatic heterocycles. The summed E-state index contributed by atoms with van der Waals surface area (Å²) in [5, 5.41) is 1.15. The van der Waals surface area contributed by atoms with Gasteiger partial charge in [0.1, 0.15) is 12.0 Å². The number of hydrogen-bond acceptors (Lipinski definition) is 6. The molecule has 2 saturated carbocycles. The van der Waals surface area contributed by atoms with Gasteiger partial charge in [0.15, 0.2) is 5.75 Å². The van der Waals surface area contributed by atoms with E-state index in [1.807, 2.05) is 0 Å². The number of fused-ring (bicyclic) bond motifs is 2. The van der Waals surface area contributed by atoms with Crippen molar-refractivity contribution < 1.29 is 4.74 Å². The van der Waals surface area contributed by atoms with Crippen molar-refractivity contribution in [3.05, 3.63) is 35.7 Å². The lowest BCUT2D eigenvalue weighted by Gasteiger charge is -2.15. The Hall–Kier alpha value is -2.54. The predicted octanol–water partition coefficient (Wildman–Crippen LogP) is 2.86. The lowest BCUT2D eigenvalue weighted by molar-refractivity contribution is 0.434. The summed E-state index contributed by atoms with van der Waals surface area (Å²) in [6.45, 7) is 4.30. The van der Waals surface area contributed by atoms with E-state index in [2.05, 4.69) is 33.8 Å². The van der Waals surface area contributed by atoms with Gasteiger partial charge in [0.25, 0.3) is 0 Å². The fraction of sp³-hybridized carbons (Fsp3) is 0.474. The largest absolute Gasteiger partial charge is 0.421 e. The first-order valence-corrected chi connectivity index (χ1v) is 9.23. The normalized spacial score (nSPS) is 26.9. The van der Waals surface area contributed by atoms with Crippen LogP contribution in [0.5, 0.6) is 11.8 Å². The van der Waals surface area contributed by atoms with Crippen LogP contribution in [0.25, 0.3) is 11.0 Å². The van der Waals surface area contributed by atoms with Gasteiger partial charge in [-0.1, -0.05) is 6.92 Å². The lowest BCUT2D eigenvalue weighted by Crippen LogP contribution is -2.12. The Labute approximate surface area is 151 Å². The fourth-order valence-electron chi connectivity index (χ4n) is 4.56. The van der Waals surface area contributed by atoms with Crippen LogP contribution in [0.2, 0.25) is 0 Å². The number of H-pyrrole nitrogens is 1.